The largest absolute Gasteiger partial charge is 0.314 e. The predicted octanol–water partition coefficient (Wildman–Crippen LogP) is 4.66. The van der Waals surface area contributed by atoms with Crippen LogP contribution in [0, 0.1) is 17.3 Å². The summed E-state index contributed by atoms with van der Waals surface area (Å²) >= 11 is 2.05. The van der Waals surface area contributed by atoms with E-state index in [9.17, 15) is 0 Å². The standard InChI is InChI=1S/C18H29NS/c1-4-16-7-8-17(20-16)11-18(12-19-13(2)3)10-14-5-6-15(18)9-14/h7-8,13-15,19H,4-6,9-12H2,1-3H3. The number of hydrogen-bond acceptors (Lipinski definition) is 2. The fourth-order valence-electron chi connectivity index (χ4n) is 4.52. The van der Waals surface area contributed by atoms with Crippen LogP contribution in [0.15, 0.2) is 12.1 Å². The van der Waals surface area contributed by atoms with E-state index >= 15 is 0 Å². The molecule has 20 heavy (non-hydrogen) atoms. The summed E-state index contributed by atoms with van der Waals surface area (Å²) in [4.78, 5) is 3.18. The maximum Gasteiger partial charge on any atom is 0.00542 e. The molecular weight excluding hydrogens is 262 g/mol. The SMILES string of the molecule is CCc1ccc(CC2(CNC(C)C)CC3CCC2C3)s1. The first-order valence-electron chi connectivity index (χ1n) is 8.42. The smallest absolute Gasteiger partial charge is 0.00542 e. The fourth-order valence-corrected chi connectivity index (χ4v) is 5.63. The van der Waals surface area contributed by atoms with Crippen molar-refractivity contribution in [3.8, 4) is 0 Å². The van der Waals surface area contributed by atoms with Crippen LogP contribution in [0.2, 0.25) is 0 Å². The molecule has 2 aliphatic carbocycles. The highest BCUT2D eigenvalue weighted by atomic mass is 32.1. The van der Waals surface area contributed by atoms with E-state index in [0.29, 0.717) is 11.5 Å². The molecule has 2 heteroatoms. The third-order valence-corrected chi connectivity index (χ3v) is 6.79. The molecule has 0 spiro atoms. The summed E-state index contributed by atoms with van der Waals surface area (Å²) in [5.74, 6) is 2.01. The molecular formula is C18H29NS. The van der Waals surface area contributed by atoms with Crippen molar-refractivity contribution in [2.75, 3.05) is 6.54 Å². The molecule has 0 aliphatic heterocycles. The van der Waals surface area contributed by atoms with E-state index in [-0.39, 0.29) is 0 Å². The van der Waals surface area contributed by atoms with Gasteiger partial charge in [0.1, 0.15) is 0 Å². The van der Waals surface area contributed by atoms with Crippen LogP contribution in [-0.2, 0) is 12.8 Å². The second-order valence-electron chi connectivity index (χ2n) is 7.38. The van der Waals surface area contributed by atoms with Crippen LogP contribution in [0.4, 0.5) is 0 Å². The zero-order valence-electron chi connectivity index (χ0n) is 13.2. The zero-order chi connectivity index (χ0) is 14.2. The quantitative estimate of drug-likeness (QED) is 0.804. The first kappa shape index (κ1) is 14.6. The van der Waals surface area contributed by atoms with Crippen LogP contribution in [-0.4, -0.2) is 12.6 Å². The van der Waals surface area contributed by atoms with Gasteiger partial charge in [0.15, 0.2) is 0 Å². The summed E-state index contributed by atoms with van der Waals surface area (Å²) in [5, 5.41) is 3.76. The Kier molecular flexibility index (Phi) is 4.24. The highest BCUT2D eigenvalue weighted by molar-refractivity contribution is 7.11. The predicted molar refractivity (Wildman–Crippen MR) is 88.4 cm³/mol. The molecule has 1 nitrogen and oxygen atoms in total. The van der Waals surface area contributed by atoms with Crippen molar-refractivity contribution in [3.05, 3.63) is 21.9 Å². The lowest BCUT2D eigenvalue weighted by Gasteiger charge is -2.38. The van der Waals surface area contributed by atoms with Crippen LogP contribution in [0.3, 0.4) is 0 Å². The van der Waals surface area contributed by atoms with Gasteiger partial charge < -0.3 is 5.32 Å². The van der Waals surface area contributed by atoms with E-state index in [1.54, 1.807) is 9.75 Å². The summed E-state index contributed by atoms with van der Waals surface area (Å²) in [7, 11) is 0. The van der Waals surface area contributed by atoms with Gasteiger partial charge in [-0.25, -0.2) is 0 Å². The van der Waals surface area contributed by atoms with Crippen molar-refractivity contribution < 1.29 is 0 Å². The molecule has 1 aromatic rings. The number of rotatable bonds is 6. The second-order valence-corrected chi connectivity index (χ2v) is 8.63. The average Bonchev–Trinajstić information content (AvgIpc) is 3.12. The number of hydrogen-bond donors (Lipinski definition) is 1. The van der Waals surface area contributed by atoms with E-state index in [4.69, 9.17) is 0 Å². The number of nitrogens with one attached hydrogen (secondary N) is 1. The Morgan fingerprint density at radius 1 is 1.30 bits per heavy atom. The minimum absolute atomic E-state index is 0.559. The highest BCUT2D eigenvalue weighted by Gasteiger charge is 2.50. The minimum Gasteiger partial charge on any atom is -0.314 e. The Morgan fingerprint density at radius 2 is 2.10 bits per heavy atom. The van der Waals surface area contributed by atoms with Crippen molar-refractivity contribution in [1.29, 1.82) is 0 Å². The van der Waals surface area contributed by atoms with E-state index < -0.39 is 0 Å². The molecule has 112 valence electrons. The van der Waals surface area contributed by atoms with Crippen molar-refractivity contribution in [2.24, 2.45) is 17.3 Å². The lowest BCUT2D eigenvalue weighted by molar-refractivity contribution is 0.153. The van der Waals surface area contributed by atoms with Crippen LogP contribution in [0.1, 0.15) is 56.2 Å². The van der Waals surface area contributed by atoms with E-state index in [1.165, 1.54) is 45.1 Å². The molecule has 2 aliphatic rings. The van der Waals surface area contributed by atoms with Gasteiger partial charge in [0.05, 0.1) is 0 Å². The molecule has 0 radical (unpaired) electrons. The maximum atomic E-state index is 3.76. The lowest BCUT2D eigenvalue weighted by atomic mass is 9.70. The van der Waals surface area contributed by atoms with Crippen molar-refractivity contribution in [3.63, 3.8) is 0 Å². The molecule has 1 N–H and O–H groups in total. The van der Waals surface area contributed by atoms with Gasteiger partial charge in [0.25, 0.3) is 0 Å². The average molecular weight is 292 g/mol. The molecule has 3 unspecified atom stereocenters. The fraction of sp³-hybridized carbons (Fsp3) is 0.778. The number of thiophene rings is 1. The molecule has 3 rings (SSSR count). The van der Waals surface area contributed by atoms with E-state index in [1.807, 2.05) is 0 Å². The Hall–Kier alpha value is -0.340. The van der Waals surface area contributed by atoms with Crippen LogP contribution >= 0.6 is 11.3 Å². The number of aryl methyl sites for hydroxylation is 1. The molecule has 2 fully saturated rings. The molecule has 1 heterocycles. The summed E-state index contributed by atoms with van der Waals surface area (Å²) in [6.07, 6.45) is 8.46. The second kappa shape index (κ2) is 5.81. The van der Waals surface area contributed by atoms with Gasteiger partial charge in [-0.2, -0.15) is 0 Å². The van der Waals surface area contributed by atoms with Crippen LogP contribution < -0.4 is 5.32 Å². The summed E-state index contributed by atoms with van der Waals surface area (Å²) in [6.45, 7) is 8.05. The van der Waals surface area contributed by atoms with Gasteiger partial charge in [-0.1, -0.05) is 27.2 Å². The Balaban J connectivity index is 1.75. The van der Waals surface area contributed by atoms with Gasteiger partial charge in [-0.3, -0.25) is 0 Å². The monoisotopic (exact) mass is 291 g/mol. The Morgan fingerprint density at radius 3 is 2.65 bits per heavy atom. The molecule has 0 amide bonds. The summed E-state index contributed by atoms with van der Waals surface area (Å²) in [5.41, 5.74) is 0.559. The van der Waals surface area contributed by atoms with Gasteiger partial charge >= 0.3 is 0 Å². The highest BCUT2D eigenvalue weighted by Crippen LogP contribution is 2.57. The van der Waals surface area contributed by atoms with Gasteiger partial charge in [0.2, 0.25) is 0 Å². The maximum absolute atomic E-state index is 3.76. The molecule has 1 aromatic heterocycles. The summed E-state index contributed by atoms with van der Waals surface area (Å²) in [6, 6.07) is 5.35. The summed E-state index contributed by atoms with van der Waals surface area (Å²) < 4.78 is 0. The normalized spacial score (nSPS) is 32.4. The van der Waals surface area contributed by atoms with Crippen molar-refractivity contribution in [1.82, 2.24) is 5.32 Å². The zero-order valence-corrected chi connectivity index (χ0v) is 14.1. The van der Waals surface area contributed by atoms with Crippen LogP contribution in [0.5, 0.6) is 0 Å². The number of fused-ring (bicyclic) bond motifs is 2. The molecule has 0 aromatic carbocycles. The Labute approximate surface area is 128 Å². The van der Waals surface area contributed by atoms with Gasteiger partial charge in [-0.15, -0.1) is 11.3 Å². The first-order valence-corrected chi connectivity index (χ1v) is 9.24. The lowest BCUT2D eigenvalue weighted by Crippen LogP contribution is -2.42. The third-order valence-electron chi connectivity index (χ3n) is 5.56. The topological polar surface area (TPSA) is 12.0 Å². The van der Waals surface area contributed by atoms with E-state index in [2.05, 4.69) is 49.6 Å². The van der Waals surface area contributed by atoms with Gasteiger partial charge in [0, 0.05) is 22.3 Å². The molecule has 3 atom stereocenters. The van der Waals surface area contributed by atoms with E-state index in [0.717, 1.165) is 11.8 Å². The van der Waals surface area contributed by atoms with Crippen LogP contribution in [0.25, 0.3) is 0 Å². The third kappa shape index (κ3) is 2.82. The van der Waals surface area contributed by atoms with Crippen molar-refractivity contribution in [2.45, 2.75) is 65.3 Å². The minimum atomic E-state index is 0.559. The molecule has 2 bridgehead atoms. The van der Waals surface area contributed by atoms with Crippen molar-refractivity contribution >= 4 is 11.3 Å². The molecule has 2 saturated carbocycles. The Bertz CT molecular complexity index is 450. The first-order chi connectivity index (χ1) is 9.61. The molecule has 0 saturated heterocycles. The van der Waals surface area contributed by atoms with Gasteiger partial charge in [-0.05, 0) is 61.5 Å².